The average Bonchev–Trinajstić information content (AvgIpc) is 3.31. The Balaban J connectivity index is 1.49. The highest BCUT2D eigenvalue weighted by Crippen LogP contribution is 2.29. The van der Waals surface area contributed by atoms with Crippen molar-refractivity contribution in [2.45, 2.75) is 0 Å². The van der Waals surface area contributed by atoms with Gasteiger partial charge in [-0.2, -0.15) is 0 Å². The number of carbonyl (C=O) groups excluding carboxylic acids is 2. The van der Waals surface area contributed by atoms with Crippen molar-refractivity contribution in [2.24, 2.45) is 7.05 Å². The Labute approximate surface area is 163 Å². The number of hydrogen-bond donors (Lipinski definition) is 2. The quantitative estimate of drug-likeness (QED) is 0.522. The van der Waals surface area contributed by atoms with Crippen LogP contribution < -0.4 is 10.9 Å². The Bertz CT molecular complexity index is 1200. The zero-order chi connectivity index (χ0) is 19.7. The number of halogens is 1. The van der Waals surface area contributed by atoms with Gasteiger partial charge < -0.3 is 4.57 Å². The molecule has 0 bridgehead atoms. The standard InChI is InChI=1S/C20H15FN4O2S/c1-25-15-9-5-4-8-14(15)22-18(25)16-10-11-17(28-16)20(27)24-23-19(26)12-6-2-3-7-13(12)21/h2-11H,1H3,(H,23,26)(H,24,27). The maximum atomic E-state index is 13.6. The number of nitrogens with zero attached hydrogens (tertiary/aromatic N) is 2. The number of aromatic nitrogens is 2. The normalized spacial score (nSPS) is 10.8. The number of amides is 2. The highest BCUT2D eigenvalue weighted by Gasteiger charge is 2.16. The summed E-state index contributed by atoms with van der Waals surface area (Å²) in [4.78, 5) is 30.2. The molecule has 2 amide bonds. The number of rotatable bonds is 3. The van der Waals surface area contributed by atoms with Crippen LogP contribution in [0.5, 0.6) is 0 Å². The average molecular weight is 394 g/mol. The van der Waals surface area contributed by atoms with Gasteiger partial charge in [-0.25, -0.2) is 9.37 Å². The molecular weight excluding hydrogens is 379 g/mol. The molecule has 8 heteroatoms. The van der Waals surface area contributed by atoms with Crippen LogP contribution in [-0.2, 0) is 7.05 Å². The summed E-state index contributed by atoms with van der Waals surface area (Å²) in [5.41, 5.74) is 6.26. The number of fused-ring (bicyclic) bond motifs is 1. The Morgan fingerprint density at radius 2 is 1.68 bits per heavy atom. The maximum Gasteiger partial charge on any atom is 0.279 e. The summed E-state index contributed by atoms with van der Waals surface area (Å²) < 4.78 is 15.6. The lowest BCUT2D eigenvalue weighted by molar-refractivity contribution is 0.0846. The minimum atomic E-state index is -0.724. The highest BCUT2D eigenvalue weighted by atomic mass is 32.1. The van der Waals surface area contributed by atoms with E-state index < -0.39 is 17.6 Å². The van der Waals surface area contributed by atoms with E-state index in [-0.39, 0.29) is 5.56 Å². The summed E-state index contributed by atoms with van der Waals surface area (Å²) >= 11 is 1.25. The molecule has 140 valence electrons. The Kier molecular flexibility index (Phi) is 4.62. The molecule has 2 aromatic heterocycles. The topological polar surface area (TPSA) is 76.0 Å². The van der Waals surface area contributed by atoms with Gasteiger partial charge in [-0.05, 0) is 36.4 Å². The van der Waals surface area contributed by atoms with Crippen LogP contribution in [0.25, 0.3) is 21.7 Å². The third kappa shape index (κ3) is 3.25. The van der Waals surface area contributed by atoms with Crippen molar-refractivity contribution in [1.29, 1.82) is 0 Å². The number of carbonyl (C=O) groups is 2. The molecular formula is C20H15FN4O2S. The van der Waals surface area contributed by atoms with E-state index in [0.29, 0.717) is 4.88 Å². The van der Waals surface area contributed by atoms with Gasteiger partial charge in [0.2, 0.25) is 0 Å². The second-order valence-electron chi connectivity index (χ2n) is 6.04. The van der Waals surface area contributed by atoms with Crippen molar-refractivity contribution >= 4 is 34.2 Å². The van der Waals surface area contributed by atoms with Crippen molar-refractivity contribution < 1.29 is 14.0 Å². The molecule has 6 nitrogen and oxygen atoms in total. The number of para-hydroxylation sites is 2. The summed E-state index contributed by atoms with van der Waals surface area (Å²) in [5.74, 6) is -1.12. The molecule has 0 aliphatic heterocycles. The lowest BCUT2D eigenvalue weighted by Gasteiger charge is -2.06. The number of hydrogen-bond acceptors (Lipinski definition) is 4. The van der Waals surface area contributed by atoms with Gasteiger partial charge in [-0.1, -0.05) is 24.3 Å². The van der Waals surface area contributed by atoms with E-state index in [9.17, 15) is 14.0 Å². The third-order valence-corrected chi connectivity index (χ3v) is 5.33. The SMILES string of the molecule is Cn1c(-c2ccc(C(=O)NNC(=O)c3ccccc3F)s2)nc2ccccc21. The summed E-state index contributed by atoms with van der Waals surface area (Å²) in [5, 5.41) is 0. The van der Waals surface area contributed by atoms with Crippen LogP contribution in [0, 0.1) is 5.82 Å². The molecule has 4 rings (SSSR count). The van der Waals surface area contributed by atoms with E-state index in [1.807, 2.05) is 35.9 Å². The molecule has 0 aliphatic rings. The zero-order valence-electron chi connectivity index (χ0n) is 14.8. The van der Waals surface area contributed by atoms with Crippen molar-refractivity contribution in [3.63, 3.8) is 0 Å². The summed E-state index contributed by atoms with van der Waals surface area (Å²) in [7, 11) is 1.92. The molecule has 2 aromatic carbocycles. The molecule has 0 fully saturated rings. The van der Waals surface area contributed by atoms with E-state index in [0.717, 1.165) is 21.7 Å². The van der Waals surface area contributed by atoms with Gasteiger partial charge in [0.25, 0.3) is 11.8 Å². The Morgan fingerprint density at radius 3 is 2.46 bits per heavy atom. The molecule has 0 saturated heterocycles. The Morgan fingerprint density at radius 1 is 0.964 bits per heavy atom. The highest BCUT2D eigenvalue weighted by molar-refractivity contribution is 7.17. The van der Waals surface area contributed by atoms with Crippen LogP contribution >= 0.6 is 11.3 Å². The van der Waals surface area contributed by atoms with Crippen LogP contribution in [-0.4, -0.2) is 21.4 Å². The van der Waals surface area contributed by atoms with Crippen molar-refractivity contribution in [3.8, 4) is 10.7 Å². The zero-order valence-corrected chi connectivity index (χ0v) is 15.6. The number of nitrogens with one attached hydrogen (secondary N) is 2. The van der Waals surface area contributed by atoms with Gasteiger partial charge >= 0.3 is 0 Å². The molecule has 0 aliphatic carbocycles. The Hall–Kier alpha value is -3.52. The molecule has 0 spiro atoms. The van der Waals surface area contributed by atoms with E-state index in [2.05, 4.69) is 15.8 Å². The van der Waals surface area contributed by atoms with Gasteiger partial charge in [-0.15, -0.1) is 11.3 Å². The molecule has 0 saturated carbocycles. The second kappa shape index (κ2) is 7.24. The van der Waals surface area contributed by atoms with Gasteiger partial charge in [0.15, 0.2) is 5.82 Å². The predicted octanol–water partition coefficient (Wildman–Crippen LogP) is 3.52. The van der Waals surface area contributed by atoms with E-state index in [1.165, 1.54) is 29.5 Å². The van der Waals surface area contributed by atoms with Crippen LogP contribution in [0.15, 0.2) is 60.7 Å². The molecule has 4 aromatic rings. The van der Waals surface area contributed by atoms with Crippen molar-refractivity contribution in [2.75, 3.05) is 0 Å². The first-order chi connectivity index (χ1) is 13.5. The number of hydrazine groups is 1. The number of aryl methyl sites for hydroxylation is 1. The van der Waals surface area contributed by atoms with Crippen molar-refractivity contribution in [3.05, 3.63) is 76.9 Å². The molecule has 2 heterocycles. The molecule has 0 unspecified atom stereocenters. The van der Waals surface area contributed by atoms with Gasteiger partial charge in [0.05, 0.1) is 26.4 Å². The van der Waals surface area contributed by atoms with E-state index in [4.69, 9.17) is 0 Å². The fourth-order valence-electron chi connectivity index (χ4n) is 2.83. The van der Waals surface area contributed by atoms with Crippen LogP contribution in [0.2, 0.25) is 0 Å². The lowest BCUT2D eigenvalue weighted by Crippen LogP contribution is -2.41. The van der Waals surface area contributed by atoms with E-state index >= 15 is 0 Å². The minimum absolute atomic E-state index is 0.144. The first-order valence-corrected chi connectivity index (χ1v) is 9.23. The molecule has 0 radical (unpaired) electrons. The van der Waals surface area contributed by atoms with Crippen LogP contribution in [0.4, 0.5) is 4.39 Å². The van der Waals surface area contributed by atoms with Gasteiger partial charge in [-0.3, -0.25) is 20.4 Å². The first-order valence-electron chi connectivity index (χ1n) is 8.41. The predicted molar refractivity (Wildman–Crippen MR) is 105 cm³/mol. The molecule has 28 heavy (non-hydrogen) atoms. The number of thiophene rings is 1. The van der Waals surface area contributed by atoms with Crippen LogP contribution in [0.3, 0.4) is 0 Å². The van der Waals surface area contributed by atoms with Crippen molar-refractivity contribution in [1.82, 2.24) is 20.4 Å². The third-order valence-electron chi connectivity index (χ3n) is 4.25. The number of imidazole rings is 1. The fraction of sp³-hybridized carbons (Fsp3) is 0.0500. The second-order valence-corrected chi connectivity index (χ2v) is 7.12. The lowest BCUT2D eigenvalue weighted by atomic mass is 10.2. The summed E-state index contributed by atoms with van der Waals surface area (Å²) in [6, 6.07) is 16.8. The maximum absolute atomic E-state index is 13.6. The van der Waals surface area contributed by atoms with Gasteiger partial charge in [0, 0.05) is 7.05 Å². The van der Waals surface area contributed by atoms with E-state index in [1.54, 1.807) is 18.2 Å². The monoisotopic (exact) mass is 394 g/mol. The molecule has 0 atom stereocenters. The largest absolute Gasteiger partial charge is 0.326 e. The summed E-state index contributed by atoms with van der Waals surface area (Å²) in [6.45, 7) is 0. The fourth-order valence-corrected chi connectivity index (χ4v) is 3.76. The number of benzene rings is 2. The molecule has 2 N–H and O–H groups in total. The summed E-state index contributed by atoms with van der Waals surface area (Å²) in [6.07, 6.45) is 0. The first kappa shape index (κ1) is 17.9. The minimum Gasteiger partial charge on any atom is -0.326 e. The smallest absolute Gasteiger partial charge is 0.279 e. The van der Waals surface area contributed by atoms with Gasteiger partial charge in [0.1, 0.15) is 5.82 Å². The van der Waals surface area contributed by atoms with Crippen LogP contribution in [0.1, 0.15) is 20.0 Å².